The van der Waals surface area contributed by atoms with Crippen molar-refractivity contribution >= 4 is 5.82 Å². The van der Waals surface area contributed by atoms with Crippen molar-refractivity contribution in [3.05, 3.63) is 41.1 Å². The van der Waals surface area contributed by atoms with Crippen molar-refractivity contribution in [3.63, 3.8) is 0 Å². The predicted molar refractivity (Wildman–Crippen MR) is 76.1 cm³/mol. The highest BCUT2D eigenvalue weighted by Crippen LogP contribution is 2.31. The summed E-state index contributed by atoms with van der Waals surface area (Å²) in [4.78, 5) is 8.76. The van der Waals surface area contributed by atoms with Crippen LogP contribution in [-0.2, 0) is 12.6 Å². The van der Waals surface area contributed by atoms with Gasteiger partial charge in [0.15, 0.2) is 5.82 Å². The zero-order valence-electron chi connectivity index (χ0n) is 12.0. The monoisotopic (exact) mass is 295 g/mol. The van der Waals surface area contributed by atoms with Gasteiger partial charge in [-0.2, -0.15) is 13.2 Å². The minimum atomic E-state index is -4.34. The van der Waals surface area contributed by atoms with Crippen molar-refractivity contribution < 1.29 is 13.2 Å². The van der Waals surface area contributed by atoms with Crippen LogP contribution >= 0.6 is 0 Å². The topological polar surface area (TPSA) is 37.8 Å². The molecule has 1 N–H and O–H groups in total. The summed E-state index contributed by atoms with van der Waals surface area (Å²) in [6.45, 7) is 3.87. The van der Waals surface area contributed by atoms with Crippen molar-refractivity contribution in [2.45, 2.75) is 26.4 Å². The number of anilines is 1. The molecular weight excluding hydrogens is 279 g/mol. The van der Waals surface area contributed by atoms with Crippen molar-refractivity contribution in [3.8, 4) is 11.4 Å². The molecule has 1 heterocycles. The minimum Gasteiger partial charge on any atom is -0.373 e. The predicted octanol–water partition coefficient (Wildman–Crippen LogP) is 4.07. The van der Waals surface area contributed by atoms with E-state index < -0.39 is 11.7 Å². The molecule has 1 aromatic heterocycles. The molecule has 0 saturated carbocycles. The molecule has 0 atom stereocenters. The van der Waals surface area contributed by atoms with E-state index in [0.717, 1.165) is 29.8 Å². The molecule has 0 aliphatic heterocycles. The average molecular weight is 295 g/mol. The van der Waals surface area contributed by atoms with Crippen molar-refractivity contribution in [1.82, 2.24) is 9.97 Å². The Labute approximate surface area is 121 Å². The molecule has 0 unspecified atom stereocenters. The molecule has 0 bridgehead atoms. The minimum absolute atomic E-state index is 0.419. The van der Waals surface area contributed by atoms with Crippen LogP contribution in [0.25, 0.3) is 11.4 Å². The summed E-state index contributed by atoms with van der Waals surface area (Å²) in [5.41, 5.74) is 1.71. The smallest absolute Gasteiger partial charge is 0.373 e. The number of rotatable bonds is 3. The summed E-state index contributed by atoms with van der Waals surface area (Å²) in [6.07, 6.45) is -3.55. The molecule has 0 aliphatic carbocycles. The van der Waals surface area contributed by atoms with Crippen LogP contribution in [0.4, 0.5) is 19.0 Å². The Bertz CT molecular complexity index is 634. The van der Waals surface area contributed by atoms with Crippen LogP contribution in [0.15, 0.2) is 24.3 Å². The number of halogens is 3. The van der Waals surface area contributed by atoms with Crippen molar-refractivity contribution in [2.24, 2.45) is 0 Å². The van der Waals surface area contributed by atoms with Gasteiger partial charge in [0.1, 0.15) is 5.82 Å². The second-order valence-corrected chi connectivity index (χ2v) is 4.64. The van der Waals surface area contributed by atoms with Gasteiger partial charge in [-0.05, 0) is 25.5 Å². The fourth-order valence-electron chi connectivity index (χ4n) is 2.16. The maximum atomic E-state index is 12.6. The Morgan fingerprint density at radius 3 is 2.19 bits per heavy atom. The highest BCUT2D eigenvalue weighted by Gasteiger charge is 2.30. The molecular formula is C15H16F3N3. The lowest BCUT2D eigenvalue weighted by Gasteiger charge is -2.12. The SMILES string of the molecule is CCc1c(C)nc(-c2ccc(C(F)(F)F)cc2)nc1NC. The fourth-order valence-corrected chi connectivity index (χ4v) is 2.16. The molecule has 0 radical (unpaired) electrons. The summed E-state index contributed by atoms with van der Waals surface area (Å²) >= 11 is 0. The Morgan fingerprint density at radius 1 is 1.10 bits per heavy atom. The van der Waals surface area contributed by atoms with E-state index in [0.29, 0.717) is 17.2 Å². The van der Waals surface area contributed by atoms with Crippen LogP contribution in [0.5, 0.6) is 0 Å². The number of nitrogens with one attached hydrogen (secondary N) is 1. The van der Waals surface area contributed by atoms with Crippen LogP contribution in [0, 0.1) is 6.92 Å². The highest BCUT2D eigenvalue weighted by atomic mass is 19.4. The number of benzene rings is 1. The summed E-state index contributed by atoms with van der Waals surface area (Å²) in [6, 6.07) is 4.87. The number of hydrogen-bond donors (Lipinski definition) is 1. The van der Waals surface area contributed by atoms with Crippen LogP contribution in [-0.4, -0.2) is 17.0 Å². The molecule has 1 aromatic carbocycles. The van der Waals surface area contributed by atoms with Gasteiger partial charge in [0, 0.05) is 23.9 Å². The first-order valence-electron chi connectivity index (χ1n) is 6.59. The van der Waals surface area contributed by atoms with Gasteiger partial charge in [0.25, 0.3) is 0 Å². The second kappa shape index (κ2) is 5.71. The van der Waals surface area contributed by atoms with Crippen LogP contribution in [0.3, 0.4) is 0 Å². The molecule has 2 aromatic rings. The molecule has 0 amide bonds. The Kier molecular flexibility index (Phi) is 4.16. The van der Waals surface area contributed by atoms with E-state index in [1.165, 1.54) is 12.1 Å². The zero-order valence-corrected chi connectivity index (χ0v) is 12.0. The number of nitrogens with zero attached hydrogens (tertiary/aromatic N) is 2. The number of aryl methyl sites for hydroxylation is 1. The molecule has 6 heteroatoms. The van der Waals surface area contributed by atoms with Crippen molar-refractivity contribution in [2.75, 3.05) is 12.4 Å². The molecule has 0 spiro atoms. The van der Waals surface area contributed by atoms with Gasteiger partial charge in [0.2, 0.25) is 0 Å². The second-order valence-electron chi connectivity index (χ2n) is 4.64. The molecule has 2 rings (SSSR count). The number of aromatic nitrogens is 2. The third-order valence-electron chi connectivity index (χ3n) is 3.27. The molecule has 21 heavy (non-hydrogen) atoms. The van der Waals surface area contributed by atoms with Gasteiger partial charge in [0.05, 0.1) is 5.56 Å². The Balaban J connectivity index is 2.45. The average Bonchev–Trinajstić information content (AvgIpc) is 2.45. The van der Waals surface area contributed by atoms with E-state index in [4.69, 9.17) is 0 Å². The maximum absolute atomic E-state index is 12.6. The van der Waals surface area contributed by atoms with E-state index in [2.05, 4.69) is 15.3 Å². The van der Waals surface area contributed by atoms with Gasteiger partial charge >= 0.3 is 6.18 Å². The van der Waals surface area contributed by atoms with E-state index in [1.54, 1.807) is 7.05 Å². The fraction of sp³-hybridized carbons (Fsp3) is 0.333. The largest absolute Gasteiger partial charge is 0.416 e. The molecule has 0 saturated heterocycles. The van der Waals surface area contributed by atoms with E-state index >= 15 is 0 Å². The first-order valence-corrected chi connectivity index (χ1v) is 6.59. The number of alkyl halides is 3. The lowest BCUT2D eigenvalue weighted by Crippen LogP contribution is -2.06. The molecule has 3 nitrogen and oxygen atoms in total. The first-order chi connectivity index (χ1) is 9.86. The normalized spacial score (nSPS) is 11.5. The van der Waals surface area contributed by atoms with Crippen LogP contribution < -0.4 is 5.32 Å². The van der Waals surface area contributed by atoms with Crippen LogP contribution in [0.1, 0.15) is 23.7 Å². The van der Waals surface area contributed by atoms with E-state index in [-0.39, 0.29) is 0 Å². The Morgan fingerprint density at radius 2 is 1.71 bits per heavy atom. The molecule has 0 fully saturated rings. The van der Waals surface area contributed by atoms with Gasteiger partial charge in [-0.1, -0.05) is 19.1 Å². The van der Waals surface area contributed by atoms with Crippen molar-refractivity contribution in [1.29, 1.82) is 0 Å². The maximum Gasteiger partial charge on any atom is 0.416 e. The third kappa shape index (κ3) is 3.15. The van der Waals surface area contributed by atoms with Gasteiger partial charge in [-0.3, -0.25) is 0 Å². The highest BCUT2D eigenvalue weighted by molar-refractivity contribution is 5.60. The Hall–Kier alpha value is -2.11. The summed E-state index contributed by atoms with van der Waals surface area (Å²) in [5.74, 6) is 1.13. The van der Waals surface area contributed by atoms with Gasteiger partial charge in [-0.15, -0.1) is 0 Å². The third-order valence-corrected chi connectivity index (χ3v) is 3.27. The summed E-state index contributed by atoms with van der Waals surface area (Å²) in [5, 5.41) is 3.00. The first kappa shape index (κ1) is 15.3. The standard InChI is InChI=1S/C15H16F3N3/c1-4-12-9(2)20-13(21-14(12)19-3)10-5-7-11(8-6-10)15(16,17)18/h5-8H,4H2,1-3H3,(H,19,20,21). The van der Waals surface area contributed by atoms with E-state index in [1.807, 2.05) is 13.8 Å². The van der Waals surface area contributed by atoms with Gasteiger partial charge in [-0.25, -0.2) is 9.97 Å². The number of hydrogen-bond acceptors (Lipinski definition) is 3. The summed E-state index contributed by atoms with van der Waals surface area (Å²) < 4.78 is 37.7. The molecule has 112 valence electrons. The lowest BCUT2D eigenvalue weighted by molar-refractivity contribution is -0.137. The van der Waals surface area contributed by atoms with Gasteiger partial charge < -0.3 is 5.32 Å². The van der Waals surface area contributed by atoms with Crippen LogP contribution in [0.2, 0.25) is 0 Å². The van der Waals surface area contributed by atoms with E-state index in [9.17, 15) is 13.2 Å². The quantitative estimate of drug-likeness (QED) is 0.927. The molecule has 0 aliphatic rings. The zero-order chi connectivity index (χ0) is 15.6. The summed E-state index contributed by atoms with van der Waals surface area (Å²) in [7, 11) is 1.76. The lowest BCUT2D eigenvalue weighted by atomic mass is 10.1.